The van der Waals surface area contributed by atoms with E-state index in [9.17, 15) is 9.59 Å². The van der Waals surface area contributed by atoms with Crippen molar-refractivity contribution in [2.45, 2.75) is 13.3 Å². The molecular weight excluding hydrogens is 352 g/mol. The van der Waals surface area contributed by atoms with Gasteiger partial charge in [0.05, 0.1) is 5.02 Å². The topological polar surface area (TPSA) is 50.3 Å². The number of carbonyl (C=O) groups is 2. The molecule has 2 rings (SSSR count). The molecule has 0 bridgehead atoms. The van der Waals surface area contributed by atoms with E-state index in [1.54, 1.807) is 11.0 Å². The zero-order chi connectivity index (χ0) is 14.0. The molecule has 0 aliphatic carbocycles. The van der Waals surface area contributed by atoms with Crippen LogP contribution in [0.2, 0.25) is 5.02 Å². The van der Waals surface area contributed by atoms with Crippen LogP contribution in [0.1, 0.15) is 13.3 Å². The molecule has 1 saturated heterocycles. The molecule has 1 unspecified atom stereocenters. The van der Waals surface area contributed by atoms with E-state index in [0.29, 0.717) is 34.0 Å². The first-order valence-electron chi connectivity index (χ1n) is 5.72. The summed E-state index contributed by atoms with van der Waals surface area (Å²) in [5, 5.41) is 0.595. The summed E-state index contributed by atoms with van der Waals surface area (Å²) < 4.78 is 0.716. The molecule has 1 fully saturated rings. The molecule has 0 spiro atoms. The van der Waals surface area contributed by atoms with Crippen LogP contribution in [0.3, 0.4) is 0 Å². The summed E-state index contributed by atoms with van der Waals surface area (Å²) in [7, 11) is 0. The van der Waals surface area contributed by atoms with E-state index in [-0.39, 0.29) is 16.9 Å². The van der Waals surface area contributed by atoms with E-state index in [1.807, 2.05) is 0 Å². The predicted molar refractivity (Wildman–Crippen MR) is 80.5 cm³/mol. The highest BCUT2D eigenvalue weighted by atomic mass is 79.9. The molecular formula is C12H12BrClN2O2S. The van der Waals surface area contributed by atoms with E-state index in [2.05, 4.69) is 20.9 Å². The molecule has 4 nitrogen and oxygen atoms in total. The third-order valence-corrected chi connectivity index (χ3v) is 5.03. The fourth-order valence-corrected chi connectivity index (χ4v) is 3.01. The standard InChI is InChI=1S/C12H12BrClN2O2S/c1-7(17)19-6-8-2-12(18)16(5-8)11-3-9(13)10(14)4-15-11/h3-4,8H,2,5-6H2,1H3. The van der Waals surface area contributed by atoms with Crippen molar-refractivity contribution in [2.24, 2.45) is 5.92 Å². The lowest BCUT2D eigenvalue weighted by Crippen LogP contribution is -2.25. The summed E-state index contributed by atoms with van der Waals surface area (Å²) in [5.74, 6) is 1.50. The van der Waals surface area contributed by atoms with Crippen molar-refractivity contribution in [3.05, 3.63) is 21.8 Å². The maximum Gasteiger partial charge on any atom is 0.228 e. The van der Waals surface area contributed by atoms with Crippen molar-refractivity contribution < 1.29 is 9.59 Å². The molecule has 102 valence electrons. The third-order valence-electron chi connectivity index (χ3n) is 2.80. The number of carbonyl (C=O) groups excluding carboxylic acids is 2. The highest BCUT2D eigenvalue weighted by molar-refractivity contribution is 9.10. The van der Waals surface area contributed by atoms with Gasteiger partial charge in [-0.2, -0.15) is 0 Å². The van der Waals surface area contributed by atoms with Crippen LogP contribution in [0.25, 0.3) is 0 Å². The number of pyridine rings is 1. The number of hydrogen-bond acceptors (Lipinski definition) is 4. The zero-order valence-electron chi connectivity index (χ0n) is 10.2. The van der Waals surface area contributed by atoms with Gasteiger partial charge < -0.3 is 0 Å². The second-order valence-electron chi connectivity index (χ2n) is 4.33. The number of amides is 1. The Morgan fingerprint density at radius 1 is 1.68 bits per heavy atom. The van der Waals surface area contributed by atoms with Gasteiger partial charge in [0.2, 0.25) is 5.91 Å². The van der Waals surface area contributed by atoms with E-state index >= 15 is 0 Å². The molecule has 0 aromatic carbocycles. The van der Waals surface area contributed by atoms with Crippen LogP contribution < -0.4 is 4.90 Å². The number of rotatable bonds is 3. The lowest BCUT2D eigenvalue weighted by atomic mass is 10.1. The second kappa shape index (κ2) is 6.24. The first-order valence-corrected chi connectivity index (χ1v) is 7.88. The second-order valence-corrected chi connectivity index (χ2v) is 6.79. The third kappa shape index (κ3) is 3.70. The van der Waals surface area contributed by atoms with E-state index in [4.69, 9.17) is 11.6 Å². The van der Waals surface area contributed by atoms with Crippen molar-refractivity contribution >= 4 is 56.1 Å². The fourth-order valence-electron chi connectivity index (χ4n) is 1.90. The molecule has 1 aliphatic heterocycles. The van der Waals surface area contributed by atoms with Crippen LogP contribution in [0, 0.1) is 5.92 Å². The number of nitrogens with zero attached hydrogens (tertiary/aromatic N) is 2. The van der Waals surface area contributed by atoms with Gasteiger partial charge in [-0.15, -0.1) is 0 Å². The monoisotopic (exact) mass is 362 g/mol. The average Bonchev–Trinajstić information content (AvgIpc) is 2.72. The van der Waals surface area contributed by atoms with Crippen LogP contribution in [0.4, 0.5) is 5.82 Å². The zero-order valence-corrected chi connectivity index (χ0v) is 13.4. The van der Waals surface area contributed by atoms with Crippen LogP contribution >= 0.6 is 39.3 Å². The van der Waals surface area contributed by atoms with E-state index in [1.165, 1.54) is 24.9 Å². The summed E-state index contributed by atoms with van der Waals surface area (Å²) in [5.41, 5.74) is 0. The fraction of sp³-hybridized carbons (Fsp3) is 0.417. The average molecular weight is 364 g/mol. The van der Waals surface area contributed by atoms with Crippen LogP contribution in [0.5, 0.6) is 0 Å². The molecule has 1 aromatic heterocycles. The van der Waals surface area contributed by atoms with Gasteiger partial charge >= 0.3 is 0 Å². The Bertz CT molecular complexity index is 526. The minimum Gasteiger partial charge on any atom is -0.296 e. The van der Waals surface area contributed by atoms with Gasteiger partial charge in [0.25, 0.3) is 0 Å². The first-order chi connectivity index (χ1) is 8.97. The van der Waals surface area contributed by atoms with E-state index < -0.39 is 0 Å². The minimum atomic E-state index is 0.0378. The summed E-state index contributed by atoms with van der Waals surface area (Å²) in [6, 6.07) is 1.74. The number of halogens is 2. The van der Waals surface area contributed by atoms with Gasteiger partial charge in [0, 0.05) is 36.3 Å². The Labute approximate surface area is 129 Å². The molecule has 19 heavy (non-hydrogen) atoms. The van der Waals surface area contributed by atoms with E-state index in [0.717, 1.165) is 0 Å². The van der Waals surface area contributed by atoms with Crippen molar-refractivity contribution in [3.63, 3.8) is 0 Å². The van der Waals surface area contributed by atoms with Gasteiger partial charge in [-0.1, -0.05) is 23.4 Å². The maximum atomic E-state index is 12.0. The van der Waals surface area contributed by atoms with Crippen LogP contribution in [-0.2, 0) is 9.59 Å². The highest BCUT2D eigenvalue weighted by Crippen LogP contribution is 2.30. The number of thioether (sulfide) groups is 1. The van der Waals surface area contributed by atoms with Crippen molar-refractivity contribution in [3.8, 4) is 0 Å². The Morgan fingerprint density at radius 2 is 2.42 bits per heavy atom. The normalized spacial score (nSPS) is 19.0. The largest absolute Gasteiger partial charge is 0.296 e. The molecule has 0 radical (unpaired) electrons. The Balaban J connectivity index is 2.07. The summed E-state index contributed by atoms with van der Waals surface area (Å²) in [4.78, 5) is 28.7. The maximum absolute atomic E-state index is 12.0. The quantitative estimate of drug-likeness (QED) is 0.828. The first kappa shape index (κ1) is 14.8. The highest BCUT2D eigenvalue weighted by Gasteiger charge is 2.31. The van der Waals surface area contributed by atoms with Gasteiger partial charge in [-0.3, -0.25) is 14.5 Å². The lowest BCUT2D eigenvalue weighted by molar-refractivity contribution is -0.117. The Kier molecular flexibility index (Phi) is 4.86. The van der Waals surface area contributed by atoms with Crippen molar-refractivity contribution in [1.29, 1.82) is 0 Å². The Morgan fingerprint density at radius 3 is 3.05 bits per heavy atom. The van der Waals surface area contributed by atoms with Crippen molar-refractivity contribution in [2.75, 3.05) is 17.2 Å². The van der Waals surface area contributed by atoms with Gasteiger partial charge in [0.15, 0.2) is 5.12 Å². The van der Waals surface area contributed by atoms with Gasteiger partial charge in [-0.05, 0) is 27.9 Å². The molecule has 2 heterocycles. The SMILES string of the molecule is CC(=O)SCC1CC(=O)N(c2cc(Br)c(Cl)cn2)C1. The molecule has 1 amide bonds. The summed E-state index contributed by atoms with van der Waals surface area (Å²) in [6.45, 7) is 2.14. The molecule has 1 aromatic rings. The molecule has 7 heteroatoms. The van der Waals surface area contributed by atoms with Crippen molar-refractivity contribution in [1.82, 2.24) is 4.98 Å². The minimum absolute atomic E-state index is 0.0378. The van der Waals surface area contributed by atoms with Crippen LogP contribution in [-0.4, -0.2) is 28.3 Å². The molecule has 0 N–H and O–H groups in total. The smallest absolute Gasteiger partial charge is 0.228 e. The van der Waals surface area contributed by atoms with Crippen LogP contribution in [0.15, 0.2) is 16.7 Å². The lowest BCUT2D eigenvalue weighted by Gasteiger charge is -2.15. The molecule has 0 saturated carbocycles. The Hall–Kier alpha value is -0.590. The number of hydrogen-bond donors (Lipinski definition) is 0. The number of aromatic nitrogens is 1. The molecule has 1 aliphatic rings. The van der Waals surface area contributed by atoms with Gasteiger partial charge in [0.1, 0.15) is 5.82 Å². The summed E-state index contributed by atoms with van der Waals surface area (Å²) in [6.07, 6.45) is 1.98. The number of anilines is 1. The molecule has 1 atom stereocenters. The predicted octanol–water partition coefficient (Wildman–Crippen LogP) is 3.13. The van der Waals surface area contributed by atoms with Gasteiger partial charge in [-0.25, -0.2) is 4.98 Å². The summed E-state index contributed by atoms with van der Waals surface area (Å²) >= 11 is 10.5.